The van der Waals surface area contributed by atoms with Crippen LogP contribution in [0.4, 0.5) is 0 Å². The van der Waals surface area contributed by atoms with E-state index in [4.69, 9.17) is 5.26 Å². The first-order valence-electron chi connectivity index (χ1n) is 7.11. The zero-order valence-electron chi connectivity index (χ0n) is 12.0. The van der Waals surface area contributed by atoms with Crippen LogP contribution in [0.15, 0.2) is 24.3 Å². The minimum absolute atomic E-state index is 0.754. The summed E-state index contributed by atoms with van der Waals surface area (Å²) in [5.74, 6) is 0.795. The molecule has 0 unspecified atom stereocenters. The molecular weight excluding hydrogens is 234 g/mol. The molecule has 0 amide bonds. The Morgan fingerprint density at radius 1 is 1.47 bits per heavy atom. The number of nitrogens with zero attached hydrogens (tertiary/aromatic N) is 3. The molecule has 2 rings (SSSR count). The zero-order valence-corrected chi connectivity index (χ0v) is 12.0. The van der Waals surface area contributed by atoms with Crippen molar-refractivity contribution in [1.29, 1.82) is 5.26 Å². The number of hydrogen-bond donors (Lipinski definition) is 0. The smallest absolute Gasteiger partial charge is 0.0991 e. The predicted molar refractivity (Wildman–Crippen MR) is 77.7 cm³/mol. The molecule has 3 heteroatoms. The number of benzene rings is 1. The average Bonchev–Trinajstić information content (AvgIpc) is 2.86. The van der Waals surface area contributed by atoms with Gasteiger partial charge >= 0.3 is 0 Å². The molecule has 0 saturated carbocycles. The third-order valence-corrected chi connectivity index (χ3v) is 3.90. The van der Waals surface area contributed by atoms with Gasteiger partial charge in [-0.25, -0.2) is 0 Å². The van der Waals surface area contributed by atoms with E-state index in [1.54, 1.807) is 0 Å². The number of likely N-dealkylation sites (tertiary alicyclic amines) is 1. The van der Waals surface area contributed by atoms with Crippen LogP contribution >= 0.6 is 0 Å². The van der Waals surface area contributed by atoms with Crippen molar-refractivity contribution in [2.75, 3.05) is 33.2 Å². The zero-order chi connectivity index (χ0) is 13.7. The van der Waals surface area contributed by atoms with Crippen LogP contribution in [0.3, 0.4) is 0 Å². The normalized spacial score (nSPS) is 19.8. The first-order chi connectivity index (χ1) is 9.21. The molecule has 102 valence electrons. The van der Waals surface area contributed by atoms with Crippen molar-refractivity contribution in [2.24, 2.45) is 5.92 Å². The fourth-order valence-electron chi connectivity index (χ4n) is 2.91. The summed E-state index contributed by atoms with van der Waals surface area (Å²) < 4.78 is 0. The molecule has 1 fully saturated rings. The summed E-state index contributed by atoms with van der Waals surface area (Å²) in [6.07, 6.45) is 1.32. The second-order valence-corrected chi connectivity index (χ2v) is 5.56. The van der Waals surface area contributed by atoms with Gasteiger partial charge in [-0.1, -0.05) is 19.1 Å². The maximum Gasteiger partial charge on any atom is 0.0991 e. The summed E-state index contributed by atoms with van der Waals surface area (Å²) in [5.41, 5.74) is 1.98. The molecule has 1 atom stereocenters. The van der Waals surface area contributed by atoms with E-state index in [1.807, 2.05) is 18.2 Å². The van der Waals surface area contributed by atoms with Crippen molar-refractivity contribution in [2.45, 2.75) is 19.9 Å². The molecule has 1 aromatic rings. The molecular formula is C16H23N3. The summed E-state index contributed by atoms with van der Waals surface area (Å²) in [6.45, 7) is 7.97. The van der Waals surface area contributed by atoms with Gasteiger partial charge in [0.15, 0.2) is 0 Å². The fourth-order valence-corrected chi connectivity index (χ4v) is 2.91. The maximum absolute atomic E-state index is 8.91. The predicted octanol–water partition coefficient (Wildman–Crippen LogP) is 2.33. The van der Waals surface area contributed by atoms with E-state index in [1.165, 1.54) is 31.6 Å². The summed E-state index contributed by atoms with van der Waals surface area (Å²) in [5, 5.41) is 8.91. The van der Waals surface area contributed by atoms with Gasteiger partial charge in [-0.05, 0) is 50.2 Å². The van der Waals surface area contributed by atoms with Crippen LogP contribution in [0.1, 0.15) is 24.5 Å². The van der Waals surface area contributed by atoms with E-state index in [2.05, 4.69) is 35.9 Å². The lowest BCUT2D eigenvalue weighted by Crippen LogP contribution is -2.28. The summed E-state index contributed by atoms with van der Waals surface area (Å²) in [7, 11) is 2.17. The molecule has 1 aliphatic rings. The van der Waals surface area contributed by atoms with Gasteiger partial charge in [-0.15, -0.1) is 0 Å². The molecule has 19 heavy (non-hydrogen) atoms. The molecule has 0 radical (unpaired) electrons. The minimum atomic E-state index is 0.754. The van der Waals surface area contributed by atoms with Gasteiger partial charge in [-0.3, -0.25) is 0 Å². The summed E-state index contributed by atoms with van der Waals surface area (Å²) in [6, 6.07) is 10.1. The molecule has 1 aliphatic heterocycles. The van der Waals surface area contributed by atoms with E-state index in [0.29, 0.717) is 0 Å². The van der Waals surface area contributed by atoms with E-state index >= 15 is 0 Å². The Morgan fingerprint density at radius 3 is 3.00 bits per heavy atom. The van der Waals surface area contributed by atoms with Crippen molar-refractivity contribution >= 4 is 0 Å². The van der Waals surface area contributed by atoms with Gasteiger partial charge in [-0.2, -0.15) is 5.26 Å². The van der Waals surface area contributed by atoms with Gasteiger partial charge in [0.1, 0.15) is 0 Å². The highest BCUT2D eigenvalue weighted by Gasteiger charge is 2.22. The van der Waals surface area contributed by atoms with Crippen molar-refractivity contribution in [3.63, 3.8) is 0 Å². The third kappa shape index (κ3) is 4.05. The van der Waals surface area contributed by atoms with Crippen molar-refractivity contribution in [3.05, 3.63) is 35.4 Å². The summed E-state index contributed by atoms with van der Waals surface area (Å²) in [4.78, 5) is 4.90. The first kappa shape index (κ1) is 14.0. The molecule has 0 aliphatic carbocycles. The van der Waals surface area contributed by atoms with Crippen molar-refractivity contribution < 1.29 is 0 Å². The Labute approximate surface area is 116 Å². The molecule has 0 spiro atoms. The van der Waals surface area contributed by atoms with E-state index in [-0.39, 0.29) is 0 Å². The van der Waals surface area contributed by atoms with E-state index in [9.17, 15) is 0 Å². The van der Waals surface area contributed by atoms with Gasteiger partial charge in [0, 0.05) is 19.6 Å². The Bertz CT molecular complexity index is 450. The molecule has 0 aromatic heterocycles. The van der Waals surface area contributed by atoms with Crippen LogP contribution in [0, 0.1) is 17.2 Å². The van der Waals surface area contributed by atoms with Gasteiger partial charge in [0.25, 0.3) is 0 Å². The summed E-state index contributed by atoms with van der Waals surface area (Å²) >= 11 is 0. The highest BCUT2D eigenvalue weighted by Crippen LogP contribution is 2.17. The molecule has 1 aromatic carbocycles. The van der Waals surface area contributed by atoms with E-state index in [0.717, 1.165) is 24.6 Å². The second-order valence-electron chi connectivity index (χ2n) is 5.56. The van der Waals surface area contributed by atoms with Crippen LogP contribution in [-0.4, -0.2) is 43.0 Å². The number of rotatable bonds is 5. The lowest BCUT2D eigenvalue weighted by atomic mass is 10.1. The standard InChI is InChI=1S/C16H23N3/c1-3-19-8-7-16(13-19)12-18(2)11-15-6-4-5-14(9-15)10-17/h4-6,9,16H,3,7-8,11-13H2,1-2H3/t16-/m0/s1. The van der Waals surface area contributed by atoms with Gasteiger partial charge in [0.2, 0.25) is 0 Å². The average molecular weight is 257 g/mol. The first-order valence-corrected chi connectivity index (χ1v) is 7.11. The molecule has 3 nitrogen and oxygen atoms in total. The lowest BCUT2D eigenvalue weighted by Gasteiger charge is -2.21. The van der Waals surface area contributed by atoms with Crippen LogP contribution in [0.2, 0.25) is 0 Å². The largest absolute Gasteiger partial charge is 0.303 e. The molecule has 1 saturated heterocycles. The molecule has 1 heterocycles. The van der Waals surface area contributed by atoms with Gasteiger partial charge < -0.3 is 9.80 Å². The SMILES string of the molecule is CCN1CC[C@@H](CN(C)Cc2cccc(C#N)c2)C1. The van der Waals surface area contributed by atoms with Crippen LogP contribution < -0.4 is 0 Å². The Hall–Kier alpha value is -1.37. The topological polar surface area (TPSA) is 30.3 Å². The fraction of sp³-hybridized carbons (Fsp3) is 0.562. The Balaban J connectivity index is 1.84. The third-order valence-electron chi connectivity index (χ3n) is 3.90. The Morgan fingerprint density at radius 2 is 2.32 bits per heavy atom. The van der Waals surface area contributed by atoms with Crippen molar-refractivity contribution in [3.8, 4) is 6.07 Å². The minimum Gasteiger partial charge on any atom is -0.303 e. The highest BCUT2D eigenvalue weighted by atomic mass is 15.2. The monoisotopic (exact) mass is 257 g/mol. The quantitative estimate of drug-likeness (QED) is 0.811. The van der Waals surface area contributed by atoms with Crippen molar-refractivity contribution in [1.82, 2.24) is 9.80 Å². The van der Waals surface area contributed by atoms with Crippen LogP contribution in [0.5, 0.6) is 0 Å². The van der Waals surface area contributed by atoms with Crippen LogP contribution in [0.25, 0.3) is 0 Å². The van der Waals surface area contributed by atoms with Gasteiger partial charge in [0.05, 0.1) is 11.6 Å². The number of hydrogen-bond acceptors (Lipinski definition) is 3. The second kappa shape index (κ2) is 6.70. The maximum atomic E-state index is 8.91. The number of nitriles is 1. The lowest BCUT2D eigenvalue weighted by molar-refractivity contribution is 0.260. The Kier molecular flexibility index (Phi) is 4.95. The molecule has 0 bridgehead atoms. The molecule has 0 N–H and O–H groups in total. The highest BCUT2D eigenvalue weighted by molar-refractivity contribution is 5.32. The van der Waals surface area contributed by atoms with Crippen LogP contribution in [-0.2, 0) is 6.54 Å². The van der Waals surface area contributed by atoms with E-state index < -0.39 is 0 Å².